The highest BCUT2D eigenvalue weighted by atomic mass is 35.5. The molecule has 5 N–H and O–H groups in total. The molecule has 32 heavy (non-hydrogen) atoms. The second kappa shape index (κ2) is 10.3. The number of carbonyl (C=O) groups is 2. The van der Waals surface area contributed by atoms with Gasteiger partial charge in [0.2, 0.25) is 0 Å². The summed E-state index contributed by atoms with van der Waals surface area (Å²) in [6, 6.07) is 17.2. The zero-order valence-corrected chi connectivity index (χ0v) is 18.1. The number of ether oxygens (including phenoxy) is 1. The van der Waals surface area contributed by atoms with Gasteiger partial charge in [0.05, 0.1) is 11.1 Å². The first-order valence-corrected chi connectivity index (χ1v) is 10.2. The fourth-order valence-electron chi connectivity index (χ4n) is 3.40. The Morgan fingerprint density at radius 1 is 1.03 bits per heavy atom. The van der Waals surface area contributed by atoms with E-state index in [1.165, 1.54) is 23.8 Å². The summed E-state index contributed by atoms with van der Waals surface area (Å²) in [6.45, 7) is 0.478. The van der Waals surface area contributed by atoms with E-state index >= 15 is 0 Å². The molecule has 1 heterocycles. The van der Waals surface area contributed by atoms with Crippen LogP contribution in [-0.2, 0) is 13.0 Å². The quantitative estimate of drug-likeness (QED) is 0.459. The lowest BCUT2D eigenvalue weighted by Crippen LogP contribution is -2.29. The van der Waals surface area contributed by atoms with Crippen LogP contribution < -0.4 is 15.8 Å². The van der Waals surface area contributed by atoms with Crippen molar-refractivity contribution in [3.63, 3.8) is 0 Å². The molecule has 0 radical (unpaired) electrons. The molecule has 3 aromatic carbocycles. The molecule has 1 unspecified atom stereocenters. The van der Waals surface area contributed by atoms with Crippen molar-refractivity contribution in [2.45, 2.75) is 19.2 Å². The van der Waals surface area contributed by atoms with Gasteiger partial charge in [-0.2, -0.15) is 0 Å². The minimum Gasteiger partial charge on any atom is -0.478 e. The number of hydrogen-bond acceptors (Lipinski definition) is 5. The van der Waals surface area contributed by atoms with E-state index in [-0.39, 0.29) is 17.4 Å². The number of carboxylic acid groups (broad SMARTS) is 2. The molecule has 7 nitrogen and oxygen atoms in total. The van der Waals surface area contributed by atoms with Crippen molar-refractivity contribution in [1.29, 1.82) is 0 Å². The molecule has 8 heteroatoms. The standard InChI is InChI=1S/C16H17ClN2O.C8H6O4/c1-19-15-7-10-3-2-4-13(16(10)20-15)14-8-12(17)6-5-11(14)9-18;9-7(10)5-2-1-3-6(4-5)8(11)12/h2-6,8,15,19H,7,9,18H2,1H3;1-4H,(H,9,10)(H,11,12). The lowest BCUT2D eigenvalue weighted by atomic mass is 9.97. The van der Waals surface area contributed by atoms with Gasteiger partial charge in [0, 0.05) is 23.6 Å². The molecule has 1 aliphatic heterocycles. The van der Waals surface area contributed by atoms with Crippen LogP contribution in [-0.4, -0.2) is 35.4 Å². The molecular formula is C24H23ClN2O5. The maximum atomic E-state index is 10.4. The van der Waals surface area contributed by atoms with E-state index in [9.17, 15) is 9.59 Å². The van der Waals surface area contributed by atoms with Gasteiger partial charge in [-0.05, 0) is 54.1 Å². The van der Waals surface area contributed by atoms with Crippen molar-refractivity contribution in [2.75, 3.05) is 7.05 Å². The summed E-state index contributed by atoms with van der Waals surface area (Å²) in [5.41, 5.74) is 10.2. The van der Waals surface area contributed by atoms with E-state index in [1.54, 1.807) is 0 Å². The van der Waals surface area contributed by atoms with Gasteiger partial charge in [-0.1, -0.05) is 41.9 Å². The SMILES string of the molecule is CNC1Cc2cccc(-c3cc(Cl)ccc3CN)c2O1.O=C(O)c1cccc(C(=O)O)c1. The molecule has 0 saturated heterocycles. The normalized spacial score (nSPS) is 14.0. The maximum absolute atomic E-state index is 10.4. The number of likely N-dealkylation sites (N-methyl/N-ethyl adjacent to an activating group) is 1. The smallest absolute Gasteiger partial charge is 0.335 e. The molecule has 0 aromatic heterocycles. The summed E-state index contributed by atoms with van der Waals surface area (Å²) in [5, 5.41) is 20.9. The molecule has 1 aliphatic rings. The van der Waals surface area contributed by atoms with Crippen molar-refractivity contribution < 1.29 is 24.5 Å². The largest absolute Gasteiger partial charge is 0.478 e. The van der Waals surface area contributed by atoms with Gasteiger partial charge in [0.25, 0.3) is 0 Å². The first-order valence-electron chi connectivity index (χ1n) is 9.85. The molecule has 1 atom stereocenters. The van der Waals surface area contributed by atoms with Crippen molar-refractivity contribution in [3.05, 3.63) is 87.9 Å². The Hall–Kier alpha value is -3.39. The highest BCUT2D eigenvalue weighted by Gasteiger charge is 2.25. The first kappa shape index (κ1) is 23.3. The van der Waals surface area contributed by atoms with Gasteiger partial charge in [-0.3, -0.25) is 5.32 Å². The number of rotatable bonds is 5. The second-order valence-corrected chi connectivity index (χ2v) is 7.53. The number of nitrogens with two attached hydrogens (primary N) is 1. The highest BCUT2D eigenvalue weighted by Crippen LogP contribution is 2.40. The van der Waals surface area contributed by atoms with E-state index in [0.29, 0.717) is 11.6 Å². The highest BCUT2D eigenvalue weighted by molar-refractivity contribution is 6.30. The predicted molar refractivity (Wildman–Crippen MR) is 122 cm³/mol. The Balaban J connectivity index is 0.000000207. The van der Waals surface area contributed by atoms with Crippen LogP contribution in [0.25, 0.3) is 11.1 Å². The van der Waals surface area contributed by atoms with Crippen molar-refractivity contribution in [1.82, 2.24) is 5.32 Å². The van der Waals surface area contributed by atoms with Gasteiger partial charge in [-0.25, -0.2) is 9.59 Å². The van der Waals surface area contributed by atoms with Gasteiger partial charge < -0.3 is 20.7 Å². The van der Waals surface area contributed by atoms with E-state index in [4.69, 9.17) is 32.3 Å². The average Bonchev–Trinajstić information content (AvgIpc) is 3.23. The van der Waals surface area contributed by atoms with Crippen LogP contribution in [0.1, 0.15) is 31.8 Å². The average molecular weight is 455 g/mol. The first-order chi connectivity index (χ1) is 15.3. The molecule has 0 spiro atoms. The minimum atomic E-state index is -1.13. The van der Waals surface area contributed by atoms with E-state index in [1.807, 2.05) is 25.2 Å². The number of halogens is 1. The summed E-state index contributed by atoms with van der Waals surface area (Å²) >= 11 is 6.14. The molecule has 4 rings (SSSR count). The van der Waals surface area contributed by atoms with Crippen LogP contribution in [0.2, 0.25) is 5.02 Å². The van der Waals surface area contributed by atoms with Crippen LogP contribution >= 0.6 is 11.6 Å². The Morgan fingerprint density at radius 3 is 2.28 bits per heavy atom. The van der Waals surface area contributed by atoms with Gasteiger partial charge in [0.15, 0.2) is 6.23 Å². The molecule has 0 fully saturated rings. The summed E-state index contributed by atoms with van der Waals surface area (Å²) in [4.78, 5) is 20.8. The van der Waals surface area contributed by atoms with E-state index < -0.39 is 11.9 Å². The van der Waals surface area contributed by atoms with Crippen molar-refractivity contribution >= 4 is 23.5 Å². The summed E-state index contributed by atoms with van der Waals surface area (Å²) in [5.74, 6) is -1.32. The molecule has 3 aromatic rings. The molecule has 0 aliphatic carbocycles. The van der Waals surface area contributed by atoms with Crippen LogP contribution in [0.15, 0.2) is 60.7 Å². The topological polar surface area (TPSA) is 122 Å². The maximum Gasteiger partial charge on any atom is 0.335 e. The van der Waals surface area contributed by atoms with Crippen LogP contribution in [0.3, 0.4) is 0 Å². The lowest BCUT2D eigenvalue weighted by Gasteiger charge is -2.14. The number of hydrogen-bond donors (Lipinski definition) is 4. The molecular weight excluding hydrogens is 432 g/mol. The van der Waals surface area contributed by atoms with Crippen molar-refractivity contribution in [3.8, 4) is 16.9 Å². The van der Waals surface area contributed by atoms with Crippen LogP contribution in [0.5, 0.6) is 5.75 Å². The Labute approximate surface area is 190 Å². The third-order valence-corrected chi connectivity index (χ3v) is 5.26. The molecule has 0 amide bonds. The van der Waals surface area contributed by atoms with Gasteiger partial charge >= 0.3 is 11.9 Å². The Kier molecular flexibility index (Phi) is 7.48. The van der Waals surface area contributed by atoms with Crippen molar-refractivity contribution in [2.24, 2.45) is 5.73 Å². The number of fused-ring (bicyclic) bond motifs is 1. The van der Waals surface area contributed by atoms with E-state index in [0.717, 1.165) is 34.9 Å². The van der Waals surface area contributed by atoms with Gasteiger partial charge in [-0.15, -0.1) is 0 Å². The number of benzene rings is 3. The number of aromatic carboxylic acids is 2. The predicted octanol–water partition coefficient (Wildman–Crippen LogP) is 4.03. The third kappa shape index (κ3) is 5.26. The molecule has 0 saturated carbocycles. The number of para-hydroxylation sites is 1. The van der Waals surface area contributed by atoms with Crippen LogP contribution in [0.4, 0.5) is 0 Å². The fourth-order valence-corrected chi connectivity index (χ4v) is 3.58. The monoisotopic (exact) mass is 454 g/mol. The Bertz CT molecular complexity index is 1120. The number of nitrogens with one attached hydrogen (secondary N) is 1. The zero-order chi connectivity index (χ0) is 23.3. The third-order valence-electron chi connectivity index (χ3n) is 5.02. The molecule has 0 bridgehead atoms. The summed E-state index contributed by atoms with van der Waals surface area (Å²) in [6.07, 6.45) is 0.907. The summed E-state index contributed by atoms with van der Waals surface area (Å²) in [7, 11) is 1.90. The lowest BCUT2D eigenvalue weighted by molar-refractivity contribution is 0.0696. The minimum absolute atomic E-state index is 0.0186. The fraction of sp³-hybridized carbons (Fsp3) is 0.167. The van der Waals surface area contributed by atoms with Crippen LogP contribution in [0, 0.1) is 0 Å². The molecule has 166 valence electrons. The number of carboxylic acids is 2. The Morgan fingerprint density at radius 2 is 1.69 bits per heavy atom. The second-order valence-electron chi connectivity index (χ2n) is 7.09. The summed E-state index contributed by atoms with van der Waals surface area (Å²) < 4.78 is 5.99. The van der Waals surface area contributed by atoms with Gasteiger partial charge in [0.1, 0.15) is 5.75 Å². The van der Waals surface area contributed by atoms with E-state index in [2.05, 4.69) is 23.5 Å². The zero-order valence-electron chi connectivity index (χ0n) is 17.3.